The molecule has 0 radical (unpaired) electrons. The highest BCUT2D eigenvalue weighted by Gasteiger charge is 2.04. The summed E-state index contributed by atoms with van der Waals surface area (Å²) in [6, 6.07) is 10.2. The molecular formula is C15H15ClFNO. The number of benzene rings is 2. The van der Waals surface area contributed by atoms with Crippen molar-refractivity contribution < 1.29 is 9.13 Å². The third kappa shape index (κ3) is 3.38. The molecule has 2 rings (SSSR count). The number of hydrogen-bond donors (Lipinski definition) is 1. The van der Waals surface area contributed by atoms with Gasteiger partial charge in [-0.05, 0) is 42.3 Å². The van der Waals surface area contributed by atoms with Gasteiger partial charge >= 0.3 is 0 Å². The topological polar surface area (TPSA) is 21.3 Å². The van der Waals surface area contributed by atoms with Gasteiger partial charge in [0.15, 0.2) is 0 Å². The molecule has 0 aliphatic heterocycles. The standard InChI is InChI=1S/C15H15ClFNO/c1-10-3-4-12(17)7-11(10)9-18-13-5-6-14(16)15(8-13)19-2/h3-8,18H,9H2,1-2H3. The average molecular weight is 280 g/mol. The fourth-order valence-electron chi connectivity index (χ4n) is 1.80. The number of hydrogen-bond acceptors (Lipinski definition) is 2. The molecular weight excluding hydrogens is 265 g/mol. The number of aryl methyl sites for hydroxylation is 1. The molecule has 0 aliphatic carbocycles. The van der Waals surface area contributed by atoms with Crippen molar-refractivity contribution in [2.45, 2.75) is 13.5 Å². The lowest BCUT2D eigenvalue weighted by atomic mass is 10.1. The second-order valence-corrected chi connectivity index (χ2v) is 4.68. The van der Waals surface area contributed by atoms with Crippen LogP contribution < -0.4 is 10.1 Å². The van der Waals surface area contributed by atoms with Gasteiger partial charge in [-0.3, -0.25) is 0 Å². The van der Waals surface area contributed by atoms with E-state index >= 15 is 0 Å². The van der Waals surface area contributed by atoms with Crippen LogP contribution in [0.1, 0.15) is 11.1 Å². The second-order valence-electron chi connectivity index (χ2n) is 4.27. The third-order valence-electron chi connectivity index (χ3n) is 2.95. The van der Waals surface area contributed by atoms with Gasteiger partial charge in [-0.15, -0.1) is 0 Å². The van der Waals surface area contributed by atoms with Gasteiger partial charge in [0.1, 0.15) is 11.6 Å². The summed E-state index contributed by atoms with van der Waals surface area (Å²) in [5, 5.41) is 3.79. The van der Waals surface area contributed by atoms with E-state index in [1.54, 1.807) is 19.2 Å². The Morgan fingerprint density at radius 3 is 2.74 bits per heavy atom. The van der Waals surface area contributed by atoms with Crippen LogP contribution in [0.15, 0.2) is 36.4 Å². The van der Waals surface area contributed by atoms with Gasteiger partial charge in [0, 0.05) is 18.3 Å². The van der Waals surface area contributed by atoms with Crippen molar-refractivity contribution in [3.05, 3.63) is 58.4 Å². The van der Waals surface area contributed by atoms with E-state index in [4.69, 9.17) is 16.3 Å². The van der Waals surface area contributed by atoms with Gasteiger partial charge in [-0.2, -0.15) is 0 Å². The summed E-state index contributed by atoms with van der Waals surface area (Å²) >= 11 is 5.96. The highest BCUT2D eigenvalue weighted by molar-refractivity contribution is 6.32. The molecule has 0 bridgehead atoms. The number of methoxy groups -OCH3 is 1. The number of halogens is 2. The van der Waals surface area contributed by atoms with Crippen molar-refractivity contribution in [2.75, 3.05) is 12.4 Å². The molecule has 0 spiro atoms. The van der Waals surface area contributed by atoms with Crippen LogP contribution in [0.3, 0.4) is 0 Å². The highest BCUT2D eigenvalue weighted by Crippen LogP contribution is 2.27. The van der Waals surface area contributed by atoms with Crippen molar-refractivity contribution in [2.24, 2.45) is 0 Å². The maximum absolute atomic E-state index is 13.2. The molecule has 0 unspecified atom stereocenters. The molecule has 0 saturated heterocycles. The quantitative estimate of drug-likeness (QED) is 0.895. The maximum Gasteiger partial charge on any atom is 0.139 e. The van der Waals surface area contributed by atoms with Gasteiger partial charge < -0.3 is 10.1 Å². The normalized spacial score (nSPS) is 10.3. The molecule has 2 aromatic rings. The van der Waals surface area contributed by atoms with Crippen molar-refractivity contribution in [3.63, 3.8) is 0 Å². The van der Waals surface area contributed by atoms with Crippen LogP contribution in [0, 0.1) is 12.7 Å². The van der Waals surface area contributed by atoms with E-state index in [9.17, 15) is 4.39 Å². The predicted molar refractivity (Wildman–Crippen MR) is 76.5 cm³/mol. The maximum atomic E-state index is 13.2. The van der Waals surface area contributed by atoms with E-state index in [0.717, 1.165) is 16.8 Å². The smallest absolute Gasteiger partial charge is 0.139 e. The molecule has 100 valence electrons. The minimum absolute atomic E-state index is 0.226. The first kappa shape index (κ1) is 13.7. The Hall–Kier alpha value is -1.74. The van der Waals surface area contributed by atoms with Gasteiger partial charge in [0.25, 0.3) is 0 Å². The molecule has 0 heterocycles. The van der Waals surface area contributed by atoms with Crippen LogP contribution in [-0.4, -0.2) is 7.11 Å². The molecule has 0 saturated carbocycles. The summed E-state index contributed by atoms with van der Waals surface area (Å²) in [5.74, 6) is 0.388. The Morgan fingerprint density at radius 1 is 1.21 bits per heavy atom. The lowest BCUT2D eigenvalue weighted by Gasteiger charge is -2.11. The van der Waals surface area contributed by atoms with E-state index in [1.807, 2.05) is 19.1 Å². The minimum atomic E-state index is -0.226. The molecule has 0 aliphatic rings. The minimum Gasteiger partial charge on any atom is -0.495 e. The summed E-state index contributed by atoms with van der Waals surface area (Å²) in [7, 11) is 1.57. The first-order valence-corrected chi connectivity index (χ1v) is 6.30. The second kappa shape index (κ2) is 5.93. The Morgan fingerprint density at radius 2 is 2.00 bits per heavy atom. The van der Waals surface area contributed by atoms with Crippen molar-refractivity contribution >= 4 is 17.3 Å². The van der Waals surface area contributed by atoms with Crippen LogP contribution in [0.5, 0.6) is 5.75 Å². The number of rotatable bonds is 4. The Kier molecular flexibility index (Phi) is 4.27. The van der Waals surface area contributed by atoms with Crippen LogP contribution in [-0.2, 0) is 6.54 Å². The van der Waals surface area contributed by atoms with Gasteiger partial charge in [0.2, 0.25) is 0 Å². The lowest BCUT2D eigenvalue weighted by molar-refractivity contribution is 0.415. The zero-order valence-electron chi connectivity index (χ0n) is 10.8. The molecule has 0 fully saturated rings. The van der Waals surface area contributed by atoms with E-state index in [1.165, 1.54) is 12.1 Å². The summed E-state index contributed by atoms with van der Waals surface area (Å²) in [5.41, 5.74) is 2.86. The fraction of sp³-hybridized carbons (Fsp3) is 0.200. The van der Waals surface area contributed by atoms with Gasteiger partial charge in [-0.1, -0.05) is 17.7 Å². The molecule has 0 aromatic heterocycles. The van der Waals surface area contributed by atoms with Crippen molar-refractivity contribution in [1.29, 1.82) is 0 Å². The molecule has 0 atom stereocenters. The van der Waals surface area contributed by atoms with E-state index in [0.29, 0.717) is 17.3 Å². The Balaban J connectivity index is 2.12. The third-order valence-corrected chi connectivity index (χ3v) is 3.26. The van der Waals surface area contributed by atoms with E-state index < -0.39 is 0 Å². The predicted octanol–water partition coefficient (Wildman–Crippen LogP) is 4.41. The van der Waals surface area contributed by atoms with Gasteiger partial charge in [0.05, 0.1) is 12.1 Å². The van der Waals surface area contributed by atoms with Gasteiger partial charge in [-0.25, -0.2) is 4.39 Å². The molecule has 0 amide bonds. The van der Waals surface area contributed by atoms with Crippen LogP contribution in [0.2, 0.25) is 5.02 Å². The monoisotopic (exact) mass is 279 g/mol. The summed E-state index contributed by atoms with van der Waals surface area (Å²) < 4.78 is 18.3. The van der Waals surface area contributed by atoms with Crippen molar-refractivity contribution in [3.8, 4) is 5.75 Å². The Bertz CT molecular complexity index is 586. The zero-order chi connectivity index (χ0) is 13.8. The molecule has 2 aromatic carbocycles. The summed E-state index contributed by atoms with van der Waals surface area (Å²) in [6.07, 6.45) is 0. The number of anilines is 1. The largest absolute Gasteiger partial charge is 0.495 e. The number of ether oxygens (including phenoxy) is 1. The molecule has 2 nitrogen and oxygen atoms in total. The summed E-state index contributed by atoms with van der Waals surface area (Å²) in [4.78, 5) is 0. The van der Waals surface area contributed by atoms with Crippen LogP contribution >= 0.6 is 11.6 Å². The number of nitrogens with one attached hydrogen (secondary N) is 1. The average Bonchev–Trinajstić information content (AvgIpc) is 2.41. The van der Waals surface area contributed by atoms with E-state index in [2.05, 4.69) is 5.32 Å². The van der Waals surface area contributed by atoms with Crippen LogP contribution in [0.4, 0.5) is 10.1 Å². The lowest BCUT2D eigenvalue weighted by Crippen LogP contribution is -2.02. The molecule has 19 heavy (non-hydrogen) atoms. The first-order chi connectivity index (χ1) is 9.10. The van der Waals surface area contributed by atoms with Crippen molar-refractivity contribution in [1.82, 2.24) is 0 Å². The van der Waals surface area contributed by atoms with E-state index in [-0.39, 0.29) is 5.82 Å². The summed E-state index contributed by atoms with van der Waals surface area (Å²) in [6.45, 7) is 2.51. The first-order valence-electron chi connectivity index (χ1n) is 5.92. The van der Waals surface area contributed by atoms with Crippen LogP contribution in [0.25, 0.3) is 0 Å². The fourth-order valence-corrected chi connectivity index (χ4v) is 1.99. The SMILES string of the molecule is COc1cc(NCc2cc(F)ccc2C)ccc1Cl. The highest BCUT2D eigenvalue weighted by atomic mass is 35.5. The molecule has 4 heteroatoms. The molecule has 1 N–H and O–H groups in total. The Labute approximate surface area is 117 Å². The zero-order valence-corrected chi connectivity index (χ0v) is 11.6.